The molecule has 0 aliphatic carbocycles. The lowest BCUT2D eigenvalue weighted by atomic mass is 10.0. The molecule has 70 valence electrons. The molecule has 0 amide bonds. The molecule has 0 saturated carbocycles. The van der Waals surface area contributed by atoms with Gasteiger partial charge in [0.1, 0.15) is 11.8 Å². The first-order valence-electron chi connectivity index (χ1n) is 3.90. The number of furan rings is 1. The maximum atomic E-state index is 10.6. The number of rotatable bonds is 1. The number of carboxylic acids is 1. The molecule has 0 spiro atoms. The minimum Gasteiger partial charge on any atom is -0.480 e. The fraction of sp³-hybridized carbons (Fsp3) is 0.375. The molecular weight excluding hydrogens is 194 g/mol. The molecule has 0 aromatic carbocycles. The summed E-state index contributed by atoms with van der Waals surface area (Å²) in [7, 11) is 0. The summed E-state index contributed by atoms with van der Waals surface area (Å²) in [4.78, 5) is 10.6. The number of aliphatic carboxylic acids is 1. The van der Waals surface area contributed by atoms with Gasteiger partial charge in [0.2, 0.25) is 0 Å². The summed E-state index contributed by atoms with van der Waals surface area (Å²) in [5, 5.41) is 11.9. The zero-order valence-corrected chi connectivity index (χ0v) is 7.47. The summed E-state index contributed by atoms with van der Waals surface area (Å²) in [6.07, 6.45) is 0.359. The Morgan fingerprint density at radius 3 is 3.23 bits per heavy atom. The highest BCUT2D eigenvalue weighted by molar-refractivity contribution is 6.28. The first-order chi connectivity index (χ1) is 6.16. The molecular formula is C8H8ClNO3. The molecule has 1 atom stereocenters. The number of carboxylic acid groups (broad SMARTS) is 1. The summed E-state index contributed by atoms with van der Waals surface area (Å²) in [5.41, 5.74) is 0.947. The zero-order chi connectivity index (χ0) is 9.42. The highest BCUT2D eigenvalue weighted by Gasteiger charge is 2.26. The number of hydrogen-bond donors (Lipinski definition) is 2. The van der Waals surface area contributed by atoms with Crippen LogP contribution >= 0.6 is 11.6 Å². The Morgan fingerprint density at radius 2 is 2.54 bits per heavy atom. The van der Waals surface area contributed by atoms with Crippen molar-refractivity contribution in [1.82, 2.24) is 5.32 Å². The van der Waals surface area contributed by atoms with E-state index in [2.05, 4.69) is 5.32 Å². The summed E-state index contributed by atoms with van der Waals surface area (Å²) in [6.45, 7) is 0.502. The third-order valence-electron chi connectivity index (χ3n) is 2.09. The fourth-order valence-corrected chi connectivity index (χ4v) is 1.64. The molecule has 2 N–H and O–H groups in total. The Bertz CT molecular complexity index is 347. The summed E-state index contributed by atoms with van der Waals surface area (Å²) in [5.74, 6) is -0.186. The Balaban J connectivity index is 2.24. The largest absolute Gasteiger partial charge is 0.480 e. The van der Waals surface area contributed by atoms with Crippen LogP contribution in [0.25, 0.3) is 0 Å². The van der Waals surface area contributed by atoms with E-state index in [0.29, 0.717) is 23.9 Å². The molecule has 2 rings (SSSR count). The highest BCUT2D eigenvalue weighted by atomic mass is 35.5. The van der Waals surface area contributed by atoms with Gasteiger partial charge in [-0.3, -0.25) is 10.1 Å². The van der Waals surface area contributed by atoms with E-state index in [1.54, 1.807) is 6.07 Å². The lowest BCUT2D eigenvalue weighted by Crippen LogP contribution is -2.41. The van der Waals surface area contributed by atoms with E-state index >= 15 is 0 Å². The van der Waals surface area contributed by atoms with Crippen molar-refractivity contribution in [2.45, 2.75) is 19.0 Å². The van der Waals surface area contributed by atoms with Crippen LogP contribution in [0.15, 0.2) is 10.5 Å². The molecule has 4 nitrogen and oxygen atoms in total. The van der Waals surface area contributed by atoms with Gasteiger partial charge in [0.15, 0.2) is 5.22 Å². The monoisotopic (exact) mass is 201 g/mol. The van der Waals surface area contributed by atoms with E-state index in [0.717, 1.165) is 5.56 Å². The van der Waals surface area contributed by atoms with Gasteiger partial charge in [-0.25, -0.2) is 0 Å². The average Bonchev–Trinajstić information content (AvgIpc) is 2.42. The van der Waals surface area contributed by atoms with Crippen LogP contribution in [0, 0.1) is 0 Å². The third-order valence-corrected chi connectivity index (χ3v) is 2.28. The SMILES string of the molecule is O=C(O)C1Cc2oc(Cl)cc2CN1. The summed E-state index contributed by atoms with van der Waals surface area (Å²) < 4.78 is 5.15. The Hall–Kier alpha value is -1.00. The van der Waals surface area contributed by atoms with Gasteiger partial charge in [0, 0.05) is 24.6 Å². The molecule has 1 aromatic rings. The standard InChI is InChI=1S/C8H8ClNO3/c9-7-1-4-3-10-5(8(11)12)2-6(4)13-7/h1,5,10H,2-3H2,(H,11,12). The van der Waals surface area contributed by atoms with Crippen molar-refractivity contribution in [3.05, 3.63) is 22.6 Å². The van der Waals surface area contributed by atoms with E-state index in [-0.39, 0.29) is 0 Å². The molecule has 0 bridgehead atoms. The van der Waals surface area contributed by atoms with E-state index in [4.69, 9.17) is 21.1 Å². The molecule has 0 fully saturated rings. The van der Waals surface area contributed by atoms with Crippen molar-refractivity contribution in [3.63, 3.8) is 0 Å². The van der Waals surface area contributed by atoms with Gasteiger partial charge in [-0.2, -0.15) is 0 Å². The minimum absolute atomic E-state index is 0.317. The second kappa shape index (κ2) is 3.05. The van der Waals surface area contributed by atoms with E-state index < -0.39 is 12.0 Å². The number of nitrogens with one attached hydrogen (secondary N) is 1. The van der Waals surface area contributed by atoms with Gasteiger partial charge in [-0.05, 0) is 11.6 Å². The van der Waals surface area contributed by atoms with Crippen LogP contribution in [-0.4, -0.2) is 17.1 Å². The summed E-state index contributed by atoms with van der Waals surface area (Å²) >= 11 is 5.64. The van der Waals surface area contributed by atoms with Crippen LogP contribution in [0.3, 0.4) is 0 Å². The topological polar surface area (TPSA) is 62.5 Å². The molecule has 1 aromatic heterocycles. The van der Waals surface area contributed by atoms with Crippen LogP contribution in [0.4, 0.5) is 0 Å². The van der Waals surface area contributed by atoms with Crippen molar-refractivity contribution < 1.29 is 14.3 Å². The van der Waals surface area contributed by atoms with Gasteiger partial charge >= 0.3 is 5.97 Å². The molecule has 13 heavy (non-hydrogen) atoms. The molecule has 1 aliphatic rings. The predicted octanol–water partition coefficient (Wildman–Crippen LogP) is 1.03. The van der Waals surface area contributed by atoms with Gasteiger partial charge in [-0.1, -0.05) is 0 Å². The maximum absolute atomic E-state index is 10.6. The lowest BCUT2D eigenvalue weighted by molar-refractivity contribution is -0.139. The van der Waals surface area contributed by atoms with Crippen LogP contribution in [-0.2, 0) is 17.8 Å². The Labute approximate surface area is 79.5 Å². The number of halogens is 1. The van der Waals surface area contributed by atoms with Crippen LogP contribution < -0.4 is 5.32 Å². The van der Waals surface area contributed by atoms with Gasteiger partial charge < -0.3 is 9.52 Å². The minimum atomic E-state index is -0.863. The summed E-state index contributed by atoms with van der Waals surface area (Å²) in [6, 6.07) is 1.15. The normalized spacial score (nSPS) is 21.2. The molecule has 0 radical (unpaired) electrons. The second-order valence-corrected chi connectivity index (χ2v) is 3.35. The zero-order valence-electron chi connectivity index (χ0n) is 6.71. The van der Waals surface area contributed by atoms with Gasteiger partial charge in [-0.15, -0.1) is 0 Å². The van der Waals surface area contributed by atoms with Gasteiger partial charge in [0.25, 0.3) is 0 Å². The lowest BCUT2D eigenvalue weighted by Gasteiger charge is -2.18. The van der Waals surface area contributed by atoms with Crippen molar-refractivity contribution in [2.75, 3.05) is 0 Å². The highest BCUT2D eigenvalue weighted by Crippen LogP contribution is 2.24. The number of hydrogen-bond acceptors (Lipinski definition) is 3. The smallest absolute Gasteiger partial charge is 0.321 e. The Kier molecular flexibility index (Phi) is 2.01. The van der Waals surface area contributed by atoms with Crippen molar-refractivity contribution in [2.24, 2.45) is 0 Å². The van der Waals surface area contributed by atoms with E-state index in [1.165, 1.54) is 0 Å². The number of fused-ring (bicyclic) bond motifs is 1. The number of carbonyl (C=O) groups is 1. The first kappa shape index (κ1) is 8.59. The van der Waals surface area contributed by atoms with Crippen molar-refractivity contribution in [3.8, 4) is 0 Å². The Morgan fingerprint density at radius 1 is 1.77 bits per heavy atom. The van der Waals surface area contributed by atoms with E-state index in [9.17, 15) is 4.79 Å². The molecule has 0 saturated heterocycles. The second-order valence-electron chi connectivity index (χ2n) is 2.97. The van der Waals surface area contributed by atoms with E-state index in [1.807, 2.05) is 0 Å². The van der Waals surface area contributed by atoms with Crippen molar-refractivity contribution in [1.29, 1.82) is 0 Å². The van der Waals surface area contributed by atoms with Crippen molar-refractivity contribution >= 4 is 17.6 Å². The molecule has 5 heteroatoms. The van der Waals surface area contributed by atoms with Crippen LogP contribution in [0.5, 0.6) is 0 Å². The quantitative estimate of drug-likeness (QED) is 0.713. The third kappa shape index (κ3) is 1.55. The average molecular weight is 202 g/mol. The van der Waals surface area contributed by atoms with Crippen LogP contribution in [0.2, 0.25) is 5.22 Å². The first-order valence-corrected chi connectivity index (χ1v) is 4.28. The predicted molar refractivity (Wildman–Crippen MR) is 45.7 cm³/mol. The molecule has 1 aliphatic heterocycles. The van der Waals surface area contributed by atoms with Gasteiger partial charge in [0.05, 0.1) is 0 Å². The molecule has 1 unspecified atom stereocenters. The van der Waals surface area contributed by atoms with Crippen LogP contribution in [0.1, 0.15) is 11.3 Å². The molecule has 2 heterocycles. The fourth-order valence-electron chi connectivity index (χ4n) is 1.42. The maximum Gasteiger partial charge on any atom is 0.321 e.